The van der Waals surface area contributed by atoms with Crippen molar-refractivity contribution in [1.29, 1.82) is 0 Å². The minimum atomic E-state index is -0.479. The molecule has 2 aromatic rings. The Balaban J connectivity index is 2.07. The fraction of sp³-hybridized carbons (Fsp3) is 0.231. The molecule has 2 heterocycles. The lowest BCUT2D eigenvalue weighted by Gasteiger charge is -2.07. The number of ether oxygens (including phenoxy) is 1. The van der Waals surface area contributed by atoms with Gasteiger partial charge in [-0.1, -0.05) is 23.4 Å². The van der Waals surface area contributed by atoms with Crippen LogP contribution in [0.5, 0.6) is 0 Å². The molecule has 1 atom stereocenters. The second kappa shape index (κ2) is 6.12. The van der Waals surface area contributed by atoms with E-state index in [9.17, 15) is 4.79 Å². The van der Waals surface area contributed by atoms with Crippen LogP contribution in [0.4, 0.5) is 0 Å². The Morgan fingerprint density at radius 3 is 2.84 bits per heavy atom. The van der Waals surface area contributed by atoms with Crippen LogP contribution in [0.2, 0.25) is 5.02 Å². The van der Waals surface area contributed by atoms with Crippen molar-refractivity contribution in [2.45, 2.75) is 17.2 Å². The van der Waals surface area contributed by atoms with E-state index >= 15 is 0 Å². The zero-order chi connectivity index (χ0) is 13.8. The normalized spacial score (nSPS) is 12.2. The summed E-state index contributed by atoms with van der Waals surface area (Å²) in [5.74, 6) is 0.421. The molecule has 0 amide bonds. The van der Waals surface area contributed by atoms with E-state index in [0.29, 0.717) is 10.8 Å². The first-order valence-electron chi connectivity index (χ1n) is 5.56. The molecule has 0 aliphatic heterocycles. The molecular formula is C13H12ClNO3S. The standard InChI is InChI=1S/C13H12ClNO3S/c1-8(19-12-6-3-9(14)7-15-12)10-4-5-11(18-10)13(16)17-2/h3-8H,1-2H3. The highest BCUT2D eigenvalue weighted by Crippen LogP contribution is 2.34. The van der Waals surface area contributed by atoms with Gasteiger partial charge in [-0.2, -0.15) is 0 Å². The Kier molecular flexibility index (Phi) is 4.50. The second-order valence-electron chi connectivity index (χ2n) is 3.77. The minimum absolute atomic E-state index is 0.0343. The minimum Gasteiger partial charge on any atom is -0.463 e. The van der Waals surface area contributed by atoms with Gasteiger partial charge in [-0.05, 0) is 31.2 Å². The smallest absolute Gasteiger partial charge is 0.373 e. The third-order valence-electron chi connectivity index (χ3n) is 2.41. The average molecular weight is 298 g/mol. The molecule has 0 fully saturated rings. The highest BCUT2D eigenvalue weighted by molar-refractivity contribution is 7.99. The van der Waals surface area contributed by atoms with E-state index in [1.165, 1.54) is 18.9 Å². The number of rotatable bonds is 4. The molecule has 0 aliphatic rings. The Labute approximate surface area is 120 Å². The van der Waals surface area contributed by atoms with Crippen LogP contribution in [0.3, 0.4) is 0 Å². The lowest BCUT2D eigenvalue weighted by molar-refractivity contribution is 0.0563. The molecule has 2 rings (SSSR count). The van der Waals surface area contributed by atoms with Crippen molar-refractivity contribution in [1.82, 2.24) is 4.98 Å². The summed E-state index contributed by atoms with van der Waals surface area (Å²) < 4.78 is 10.0. The zero-order valence-corrected chi connectivity index (χ0v) is 12.0. The molecule has 100 valence electrons. The van der Waals surface area contributed by atoms with Gasteiger partial charge < -0.3 is 9.15 Å². The first kappa shape index (κ1) is 14.0. The van der Waals surface area contributed by atoms with E-state index in [4.69, 9.17) is 16.0 Å². The number of carbonyl (C=O) groups is 1. The summed E-state index contributed by atoms with van der Waals surface area (Å²) in [6.07, 6.45) is 1.60. The van der Waals surface area contributed by atoms with E-state index in [1.54, 1.807) is 24.4 Å². The Morgan fingerprint density at radius 2 is 2.21 bits per heavy atom. The van der Waals surface area contributed by atoms with Gasteiger partial charge in [0.1, 0.15) is 5.76 Å². The van der Waals surface area contributed by atoms with Crippen LogP contribution < -0.4 is 0 Å². The van der Waals surface area contributed by atoms with Gasteiger partial charge in [-0.3, -0.25) is 0 Å². The van der Waals surface area contributed by atoms with Crippen LogP contribution in [-0.2, 0) is 4.74 Å². The Morgan fingerprint density at radius 1 is 1.42 bits per heavy atom. The van der Waals surface area contributed by atoms with E-state index in [2.05, 4.69) is 9.72 Å². The van der Waals surface area contributed by atoms with Crippen molar-refractivity contribution >= 4 is 29.3 Å². The maximum atomic E-state index is 11.3. The summed E-state index contributed by atoms with van der Waals surface area (Å²) in [7, 11) is 1.32. The van der Waals surface area contributed by atoms with E-state index < -0.39 is 5.97 Å². The van der Waals surface area contributed by atoms with Crippen LogP contribution in [0.15, 0.2) is 39.9 Å². The van der Waals surface area contributed by atoms with Crippen molar-refractivity contribution in [2.24, 2.45) is 0 Å². The van der Waals surface area contributed by atoms with Crippen molar-refractivity contribution in [2.75, 3.05) is 7.11 Å². The van der Waals surface area contributed by atoms with E-state index in [0.717, 1.165) is 5.03 Å². The average Bonchev–Trinajstić information content (AvgIpc) is 2.90. The Hall–Kier alpha value is -1.46. The first-order chi connectivity index (χ1) is 9.10. The van der Waals surface area contributed by atoms with Crippen LogP contribution in [-0.4, -0.2) is 18.1 Å². The highest BCUT2D eigenvalue weighted by Gasteiger charge is 2.16. The number of hydrogen-bond acceptors (Lipinski definition) is 5. The fourth-order valence-corrected chi connectivity index (χ4v) is 2.43. The highest BCUT2D eigenvalue weighted by atomic mass is 35.5. The van der Waals surface area contributed by atoms with Gasteiger partial charge in [-0.25, -0.2) is 9.78 Å². The van der Waals surface area contributed by atoms with Crippen molar-refractivity contribution in [3.05, 3.63) is 47.0 Å². The molecule has 0 N–H and O–H groups in total. The van der Waals surface area contributed by atoms with Gasteiger partial charge in [0, 0.05) is 6.20 Å². The Bertz CT molecular complexity index is 568. The quantitative estimate of drug-likeness (QED) is 0.631. The summed E-state index contributed by atoms with van der Waals surface area (Å²) in [5.41, 5.74) is 0. The molecular weight excluding hydrogens is 286 g/mol. The summed E-state index contributed by atoms with van der Waals surface area (Å²) in [5, 5.41) is 1.47. The number of aromatic nitrogens is 1. The molecule has 0 aliphatic carbocycles. The van der Waals surface area contributed by atoms with Gasteiger partial charge in [0.25, 0.3) is 0 Å². The van der Waals surface area contributed by atoms with Crippen molar-refractivity contribution < 1.29 is 13.9 Å². The van der Waals surface area contributed by atoms with Crippen LogP contribution in [0.1, 0.15) is 28.5 Å². The lowest BCUT2D eigenvalue weighted by Crippen LogP contribution is -1.98. The van der Waals surface area contributed by atoms with Gasteiger partial charge >= 0.3 is 5.97 Å². The van der Waals surface area contributed by atoms with Crippen molar-refractivity contribution in [3.8, 4) is 0 Å². The number of pyridine rings is 1. The third-order valence-corrected chi connectivity index (χ3v) is 3.70. The molecule has 2 aromatic heterocycles. The van der Waals surface area contributed by atoms with Crippen LogP contribution in [0, 0.1) is 0 Å². The predicted molar refractivity (Wildman–Crippen MR) is 73.6 cm³/mol. The van der Waals surface area contributed by atoms with Crippen molar-refractivity contribution in [3.63, 3.8) is 0 Å². The number of halogens is 1. The molecule has 0 spiro atoms. The zero-order valence-electron chi connectivity index (χ0n) is 10.4. The maximum absolute atomic E-state index is 11.3. The largest absolute Gasteiger partial charge is 0.463 e. The van der Waals surface area contributed by atoms with E-state index in [-0.39, 0.29) is 11.0 Å². The molecule has 6 heteroatoms. The van der Waals surface area contributed by atoms with Gasteiger partial charge in [0.15, 0.2) is 0 Å². The number of hydrogen-bond donors (Lipinski definition) is 0. The topological polar surface area (TPSA) is 52.3 Å². The summed E-state index contributed by atoms with van der Waals surface area (Å²) in [6, 6.07) is 6.99. The monoisotopic (exact) mass is 297 g/mol. The second-order valence-corrected chi connectivity index (χ2v) is 5.57. The van der Waals surface area contributed by atoms with Gasteiger partial charge in [-0.15, -0.1) is 0 Å². The fourth-order valence-electron chi connectivity index (χ4n) is 1.45. The van der Waals surface area contributed by atoms with Crippen LogP contribution in [0.25, 0.3) is 0 Å². The SMILES string of the molecule is COC(=O)c1ccc(C(C)Sc2ccc(Cl)cn2)o1. The summed E-state index contributed by atoms with van der Waals surface area (Å²) in [4.78, 5) is 15.5. The molecule has 4 nitrogen and oxygen atoms in total. The van der Waals surface area contributed by atoms with Gasteiger partial charge in [0.05, 0.1) is 22.4 Å². The predicted octanol–water partition coefficient (Wildman–Crippen LogP) is 3.97. The lowest BCUT2D eigenvalue weighted by atomic mass is 10.3. The molecule has 1 unspecified atom stereocenters. The van der Waals surface area contributed by atoms with E-state index in [1.807, 2.05) is 13.0 Å². The number of nitrogens with zero attached hydrogens (tertiary/aromatic N) is 1. The molecule has 0 aromatic carbocycles. The van der Waals surface area contributed by atoms with Gasteiger partial charge in [0.2, 0.25) is 5.76 Å². The molecule has 0 saturated heterocycles. The number of thioether (sulfide) groups is 1. The summed E-state index contributed by atoms with van der Waals surface area (Å²) >= 11 is 7.30. The third kappa shape index (κ3) is 3.52. The number of methoxy groups -OCH3 is 1. The molecule has 0 bridgehead atoms. The summed E-state index contributed by atoms with van der Waals surface area (Å²) in [6.45, 7) is 1.97. The van der Waals surface area contributed by atoms with Crippen LogP contribution >= 0.6 is 23.4 Å². The first-order valence-corrected chi connectivity index (χ1v) is 6.82. The number of furan rings is 1. The number of carbonyl (C=O) groups excluding carboxylic acids is 1. The molecule has 19 heavy (non-hydrogen) atoms. The maximum Gasteiger partial charge on any atom is 0.373 e. The molecule has 0 radical (unpaired) electrons. The molecule has 0 saturated carbocycles. The number of esters is 1.